The van der Waals surface area contributed by atoms with Gasteiger partial charge in [-0.25, -0.2) is 14.8 Å². The Morgan fingerprint density at radius 3 is 2.49 bits per heavy atom. The summed E-state index contributed by atoms with van der Waals surface area (Å²) >= 11 is 0. The molecule has 0 saturated carbocycles. The van der Waals surface area contributed by atoms with Crippen molar-refractivity contribution in [3.05, 3.63) is 47.9 Å². The van der Waals surface area contributed by atoms with E-state index in [1.165, 1.54) is 25.4 Å². The van der Waals surface area contributed by atoms with Crippen molar-refractivity contribution in [3.8, 4) is 22.5 Å². The fourth-order valence-electron chi connectivity index (χ4n) is 3.19. The zero-order valence-electron chi connectivity index (χ0n) is 17.7. The van der Waals surface area contributed by atoms with E-state index in [9.17, 15) is 35.9 Å². The third kappa shape index (κ3) is 5.02. The van der Waals surface area contributed by atoms with Gasteiger partial charge in [-0.15, -0.1) is 0 Å². The van der Waals surface area contributed by atoms with Gasteiger partial charge in [-0.2, -0.15) is 31.4 Å². The number of aryl methyl sites for hydroxylation is 1. The Labute approximate surface area is 192 Å². The number of benzene rings is 1. The zero-order chi connectivity index (χ0) is 26.0. The maximum atomic E-state index is 14.2. The van der Waals surface area contributed by atoms with Crippen molar-refractivity contribution in [2.24, 2.45) is 0 Å². The van der Waals surface area contributed by atoms with Crippen LogP contribution in [-0.4, -0.2) is 51.4 Å². The predicted octanol–water partition coefficient (Wildman–Crippen LogP) is 3.03. The summed E-state index contributed by atoms with van der Waals surface area (Å²) in [4.78, 5) is 30.5. The first-order chi connectivity index (χ1) is 16.3. The molecule has 3 aromatic rings. The van der Waals surface area contributed by atoms with Crippen LogP contribution in [0.2, 0.25) is 0 Å². The van der Waals surface area contributed by atoms with E-state index in [0.717, 1.165) is 18.3 Å². The summed E-state index contributed by atoms with van der Waals surface area (Å²) in [6.07, 6.45) is -7.47. The number of halogens is 6. The number of H-pyrrole nitrogens is 1. The van der Waals surface area contributed by atoms with Gasteiger partial charge in [0, 0.05) is 22.9 Å². The molecule has 0 aliphatic rings. The molecule has 0 spiro atoms. The van der Waals surface area contributed by atoms with Gasteiger partial charge in [0.05, 0.1) is 24.6 Å². The van der Waals surface area contributed by atoms with E-state index in [1.54, 1.807) is 5.32 Å². The van der Waals surface area contributed by atoms with E-state index in [-0.39, 0.29) is 29.2 Å². The van der Waals surface area contributed by atoms with Gasteiger partial charge < -0.3 is 15.8 Å². The van der Waals surface area contributed by atoms with Crippen LogP contribution in [0.1, 0.15) is 11.1 Å². The van der Waals surface area contributed by atoms with Crippen LogP contribution in [0.5, 0.6) is 0 Å². The summed E-state index contributed by atoms with van der Waals surface area (Å²) in [6, 6.07) is 2.87. The number of aromatic nitrogens is 4. The van der Waals surface area contributed by atoms with E-state index in [4.69, 9.17) is 5.73 Å². The number of alkyl halides is 6. The molecule has 1 aromatic carbocycles. The number of hydrogen-bond donors (Lipinski definition) is 3. The number of carbonyl (C=O) groups is 2. The lowest BCUT2D eigenvalue weighted by atomic mass is 9.89. The molecular weight excluding hydrogens is 486 g/mol. The van der Waals surface area contributed by atoms with E-state index in [2.05, 4.69) is 24.9 Å². The number of nitrogen functional groups attached to an aromatic ring is 1. The maximum absolute atomic E-state index is 14.2. The van der Waals surface area contributed by atoms with Crippen molar-refractivity contribution >= 4 is 18.2 Å². The number of ether oxygens (including phenoxy) is 1. The fourth-order valence-corrected chi connectivity index (χ4v) is 3.19. The molecule has 1 atom stereocenters. The number of rotatable bonds is 7. The van der Waals surface area contributed by atoms with Crippen LogP contribution in [0.15, 0.2) is 36.8 Å². The minimum atomic E-state index is -5.73. The summed E-state index contributed by atoms with van der Waals surface area (Å²) in [5.74, 6) is -3.10. The number of nitrogens with two attached hydrogens (primary N) is 1. The highest BCUT2D eigenvalue weighted by atomic mass is 19.4. The van der Waals surface area contributed by atoms with Crippen LogP contribution in [0.4, 0.5) is 32.2 Å². The molecule has 4 N–H and O–H groups in total. The van der Waals surface area contributed by atoms with Gasteiger partial charge in [-0.1, -0.05) is 12.1 Å². The molecule has 0 aliphatic heterocycles. The monoisotopic (exact) mass is 502 g/mol. The normalized spacial score (nSPS) is 13.7. The van der Waals surface area contributed by atoms with Crippen LogP contribution < -0.4 is 11.1 Å². The Kier molecular flexibility index (Phi) is 6.71. The molecule has 2 aromatic heterocycles. The second-order valence-corrected chi connectivity index (χ2v) is 7.22. The molecular formula is C20H16F6N6O3. The number of nitrogens with zero attached hydrogens (tertiary/aromatic N) is 3. The zero-order valence-corrected chi connectivity index (χ0v) is 17.7. The van der Waals surface area contributed by atoms with Crippen molar-refractivity contribution in [2.75, 3.05) is 12.3 Å². The summed E-state index contributed by atoms with van der Waals surface area (Å²) in [5, 5.41) is 7.97. The number of hydrogen-bond acceptors (Lipinski definition) is 7. The number of amides is 1. The van der Waals surface area contributed by atoms with Crippen molar-refractivity contribution in [3.63, 3.8) is 0 Å². The Morgan fingerprint density at radius 2 is 1.91 bits per heavy atom. The summed E-state index contributed by atoms with van der Waals surface area (Å²) in [5.41, 5.74) is 2.07. The molecule has 0 bridgehead atoms. The molecule has 0 radical (unpaired) electrons. The number of carbonyl (C=O) groups excluding carboxylic acids is 2. The Balaban J connectivity index is 2.21. The van der Waals surface area contributed by atoms with Crippen LogP contribution in [-0.2, 0) is 19.9 Å². The second kappa shape index (κ2) is 9.23. The highest BCUT2D eigenvalue weighted by Gasteiger charge is 2.62. The SMILES string of the molecule is Cc1ccc(C(CNC=O)(OC(=O)C(F)(F)F)C(F)(F)F)cc1-c1cnc(N)c(-c2cn[nH]c2)n1. The molecule has 9 nitrogen and oxygen atoms in total. The first-order valence-corrected chi connectivity index (χ1v) is 9.57. The smallest absolute Gasteiger partial charge is 0.436 e. The fraction of sp³-hybridized carbons (Fsp3) is 0.250. The Bertz CT molecular complexity index is 1230. The molecule has 1 amide bonds. The van der Waals surface area contributed by atoms with Gasteiger partial charge in [0.2, 0.25) is 12.0 Å². The molecule has 35 heavy (non-hydrogen) atoms. The average Bonchev–Trinajstić information content (AvgIpc) is 3.30. The number of nitrogens with one attached hydrogen (secondary N) is 2. The highest BCUT2D eigenvalue weighted by Crippen LogP contribution is 2.44. The van der Waals surface area contributed by atoms with Gasteiger partial charge in [-0.3, -0.25) is 9.89 Å². The van der Waals surface area contributed by atoms with Crippen LogP contribution >= 0.6 is 0 Å². The van der Waals surface area contributed by atoms with Crippen molar-refractivity contribution < 1.29 is 40.7 Å². The third-order valence-corrected chi connectivity index (χ3v) is 4.94. The minimum absolute atomic E-state index is 0.0112. The van der Waals surface area contributed by atoms with E-state index in [1.807, 2.05) is 0 Å². The summed E-state index contributed by atoms with van der Waals surface area (Å²) in [7, 11) is 0. The van der Waals surface area contributed by atoms with E-state index >= 15 is 0 Å². The first-order valence-electron chi connectivity index (χ1n) is 9.57. The molecule has 0 saturated heterocycles. The summed E-state index contributed by atoms with van der Waals surface area (Å²) in [6.45, 7) is -0.00660. The standard InChI is InChI=1S/C20H16F6N6O3/c1-10-2-3-12(18(8-28-9-33,20(24,25)26)35-17(34)19(21,22)23)4-13(10)14-7-29-16(27)15(32-14)11-5-30-31-6-11/h2-7,9H,8H2,1H3,(H2,27,29)(H,28,33)(H,30,31). The lowest BCUT2D eigenvalue weighted by Gasteiger charge is -2.35. The van der Waals surface area contributed by atoms with E-state index < -0.39 is 36.0 Å². The maximum Gasteiger partial charge on any atom is 0.490 e. The molecule has 186 valence electrons. The molecule has 0 fully saturated rings. The number of esters is 1. The Morgan fingerprint density at radius 1 is 1.20 bits per heavy atom. The topological polar surface area (TPSA) is 136 Å². The second-order valence-electron chi connectivity index (χ2n) is 7.22. The van der Waals surface area contributed by atoms with Crippen LogP contribution in [0.3, 0.4) is 0 Å². The molecule has 3 rings (SSSR count). The first kappa shape index (κ1) is 25.5. The van der Waals surface area contributed by atoms with Gasteiger partial charge in [0.15, 0.2) is 0 Å². The Hall–Kier alpha value is -4.17. The van der Waals surface area contributed by atoms with Gasteiger partial charge in [0.25, 0.3) is 0 Å². The lowest BCUT2D eigenvalue weighted by Crippen LogP contribution is -2.54. The summed E-state index contributed by atoms with van der Waals surface area (Å²) < 4.78 is 85.2. The van der Waals surface area contributed by atoms with Crippen molar-refractivity contribution in [2.45, 2.75) is 24.9 Å². The minimum Gasteiger partial charge on any atom is -0.436 e. The number of anilines is 1. The number of aromatic amines is 1. The van der Waals surface area contributed by atoms with Gasteiger partial charge in [-0.05, 0) is 18.6 Å². The van der Waals surface area contributed by atoms with Crippen molar-refractivity contribution in [1.29, 1.82) is 0 Å². The predicted molar refractivity (Wildman–Crippen MR) is 108 cm³/mol. The van der Waals surface area contributed by atoms with Crippen LogP contribution in [0, 0.1) is 6.92 Å². The van der Waals surface area contributed by atoms with E-state index in [0.29, 0.717) is 11.1 Å². The van der Waals surface area contributed by atoms with Crippen molar-refractivity contribution in [1.82, 2.24) is 25.5 Å². The van der Waals surface area contributed by atoms with Gasteiger partial charge >= 0.3 is 18.3 Å². The largest absolute Gasteiger partial charge is 0.490 e. The molecule has 15 heteroatoms. The van der Waals surface area contributed by atoms with Gasteiger partial charge in [0.1, 0.15) is 11.5 Å². The van der Waals surface area contributed by atoms with Crippen LogP contribution in [0.25, 0.3) is 22.5 Å². The lowest BCUT2D eigenvalue weighted by molar-refractivity contribution is -0.288. The average molecular weight is 502 g/mol. The molecule has 0 aliphatic carbocycles. The molecule has 1 unspecified atom stereocenters. The molecule has 2 heterocycles. The highest BCUT2D eigenvalue weighted by molar-refractivity contribution is 5.77. The quantitative estimate of drug-likeness (QED) is 0.257. The third-order valence-electron chi connectivity index (χ3n) is 4.94.